The fourth-order valence-electron chi connectivity index (χ4n) is 4.46. The molecular formula is C30H27NO3S. The molecule has 0 bridgehead atoms. The molecule has 5 heteroatoms. The first-order chi connectivity index (χ1) is 17.1. The van der Waals surface area contributed by atoms with Crippen molar-refractivity contribution < 1.29 is 14.2 Å². The first-order valence-corrected chi connectivity index (χ1v) is 12.4. The molecule has 4 aromatic carbocycles. The van der Waals surface area contributed by atoms with Crippen LogP contribution in [-0.4, -0.2) is 27.6 Å². The molecule has 4 nitrogen and oxygen atoms in total. The molecule has 0 saturated carbocycles. The van der Waals surface area contributed by atoms with E-state index >= 15 is 0 Å². The molecule has 4 rings (SSSR count). The average Bonchev–Trinajstić information content (AvgIpc) is 2.92. The molecule has 0 heterocycles. The Morgan fingerprint density at radius 3 is 1.89 bits per heavy atom. The first-order valence-electron chi connectivity index (χ1n) is 11.1. The van der Waals surface area contributed by atoms with E-state index in [1.165, 1.54) is 0 Å². The van der Waals surface area contributed by atoms with Crippen molar-refractivity contribution in [3.63, 3.8) is 0 Å². The van der Waals surface area contributed by atoms with Gasteiger partial charge in [0.2, 0.25) is 0 Å². The lowest BCUT2D eigenvalue weighted by atomic mass is 9.82. The number of nitrogens with zero attached hydrogens (tertiary/aromatic N) is 1. The largest absolute Gasteiger partial charge is 0.497 e. The topological polar surface area (TPSA) is 51.5 Å². The summed E-state index contributed by atoms with van der Waals surface area (Å²) in [5.74, 6) is 2.08. The third kappa shape index (κ3) is 4.45. The molecule has 0 radical (unpaired) electrons. The highest BCUT2D eigenvalue weighted by Gasteiger charge is 2.25. The molecule has 0 atom stereocenters. The van der Waals surface area contributed by atoms with Gasteiger partial charge in [0.05, 0.1) is 26.9 Å². The molecule has 0 aliphatic heterocycles. The van der Waals surface area contributed by atoms with Crippen LogP contribution in [0.25, 0.3) is 33.4 Å². The van der Waals surface area contributed by atoms with Crippen molar-refractivity contribution in [3.05, 3.63) is 83.9 Å². The van der Waals surface area contributed by atoms with E-state index in [1.54, 1.807) is 33.1 Å². The summed E-state index contributed by atoms with van der Waals surface area (Å²) in [6, 6.07) is 26.7. The summed E-state index contributed by atoms with van der Waals surface area (Å²) in [6.45, 7) is 2.02. The van der Waals surface area contributed by atoms with Crippen LogP contribution in [0.3, 0.4) is 0 Å². The zero-order valence-electron chi connectivity index (χ0n) is 20.5. The van der Waals surface area contributed by atoms with Crippen LogP contribution in [-0.2, 0) is 0 Å². The first kappa shape index (κ1) is 24.3. The number of thioether (sulfide) groups is 1. The van der Waals surface area contributed by atoms with Crippen LogP contribution < -0.4 is 14.2 Å². The second-order valence-electron chi connectivity index (χ2n) is 7.93. The molecule has 176 valence electrons. The summed E-state index contributed by atoms with van der Waals surface area (Å²) in [5.41, 5.74) is 7.74. The fraction of sp³-hybridized carbons (Fsp3) is 0.167. The van der Waals surface area contributed by atoms with E-state index in [0.29, 0.717) is 17.1 Å². The Bertz CT molecular complexity index is 1390. The Morgan fingerprint density at radius 2 is 1.31 bits per heavy atom. The van der Waals surface area contributed by atoms with Crippen molar-refractivity contribution in [1.29, 1.82) is 5.26 Å². The Labute approximate surface area is 211 Å². The predicted molar refractivity (Wildman–Crippen MR) is 144 cm³/mol. The second-order valence-corrected chi connectivity index (χ2v) is 8.75. The van der Waals surface area contributed by atoms with Gasteiger partial charge in [-0.05, 0) is 70.8 Å². The summed E-state index contributed by atoms with van der Waals surface area (Å²) in [6.07, 6.45) is 2.02. The zero-order chi connectivity index (χ0) is 24.9. The molecular weight excluding hydrogens is 454 g/mol. The van der Waals surface area contributed by atoms with Gasteiger partial charge in [0.15, 0.2) is 11.5 Å². The van der Waals surface area contributed by atoms with Gasteiger partial charge in [0.1, 0.15) is 11.8 Å². The summed E-state index contributed by atoms with van der Waals surface area (Å²) in [4.78, 5) is 0.964. The number of benzene rings is 4. The van der Waals surface area contributed by atoms with Crippen molar-refractivity contribution >= 4 is 11.8 Å². The van der Waals surface area contributed by atoms with Crippen LogP contribution in [0.5, 0.6) is 17.2 Å². The lowest BCUT2D eigenvalue weighted by Crippen LogP contribution is -2.01. The minimum atomic E-state index is 0.638. The Kier molecular flexibility index (Phi) is 7.33. The quantitative estimate of drug-likeness (QED) is 0.254. The van der Waals surface area contributed by atoms with Gasteiger partial charge in [-0.25, -0.2) is 0 Å². The van der Waals surface area contributed by atoms with Gasteiger partial charge in [0.25, 0.3) is 0 Å². The lowest BCUT2D eigenvalue weighted by Gasteiger charge is -2.24. The van der Waals surface area contributed by atoms with E-state index in [1.807, 2.05) is 61.7 Å². The van der Waals surface area contributed by atoms with E-state index in [2.05, 4.69) is 30.3 Å². The highest BCUT2D eigenvalue weighted by Crippen LogP contribution is 2.49. The molecule has 0 fully saturated rings. The highest BCUT2D eigenvalue weighted by atomic mass is 32.2. The van der Waals surface area contributed by atoms with Gasteiger partial charge < -0.3 is 14.2 Å². The molecule has 4 aromatic rings. The van der Waals surface area contributed by atoms with E-state index in [0.717, 1.165) is 49.6 Å². The van der Waals surface area contributed by atoms with Gasteiger partial charge in [-0.3, -0.25) is 0 Å². The number of rotatable bonds is 7. The van der Waals surface area contributed by atoms with Gasteiger partial charge in [0, 0.05) is 10.5 Å². The second kappa shape index (κ2) is 10.6. The van der Waals surface area contributed by atoms with Crippen LogP contribution in [0.15, 0.2) is 77.7 Å². The zero-order valence-corrected chi connectivity index (χ0v) is 21.3. The average molecular weight is 482 g/mol. The molecule has 0 aliphatic rings. The fourth-order valence-corrected chi connectivity index (χ4v) is 5.29. The van der Waals surface area contributed by atoms with Crippen LogP contribution in [0.2, 0.25) is 0 Å². The number of methoxy groups -OCH3 is 3. The minimum Gasteiger partial charge on any atom is -0.497 e. The van der Waals surface area contributed by atoms with Crippen molar-refractivity contribution in [3.8, 4) is 56.7 Å². The third-order valence-electron chi connectivity index (χ3n) is 6.13. The van der Waals surface area contributed by atoms with Crippen LogP contribution >= 0.6 is 11.8 Å². The van der Waals surface area contributed by atoms with E-state index in [4.69, 9.17) is 14.2 Å². The van der Waals surface area contributed by atoms with E-state index in [-0.39, 0.29) is 0 Å². The Balaban J connectivity index is 2.19. The monoisotopic (exact) mass is 481 g/mol. The maximum atomic E-state index is 10.3. The SMILES string of the molecule is COc1ccc(-c2c(-c3ccc(OC)c(OC)c3)c(C)c(C#N)c(SC)c2-c2ccccc2)cc1. The maximum Gasteiger partial charge on any atom is 0.161 e. The smallest absolute Gasteiger partial charge is 0.161 e. The normalized spacial score (nSPS) is 10.5. The lowest BCUT2D eigenvalue weighted by molar-refractivity contribution is 0.355. The van der Waals surface area contributed by atoms with Gasteiger partial charge in [-0.15, -0.1) is 11.8 Å². The molecule has 0 unspecified atom stereocenters. The number of hydrogen-bond acceptors (Lipinski definition) is 5. The Morgan fingerprint density at radius 1 is 0.686 bits per heavy atom. The summed E-state index contributed by atoms with van der Waals surface area (Å²) >= 11 is 1.60. The summed E-state index contributed by atoms with van der Waals surface area (Å²) in [7, 11) is 4.92. The van der Waals surface area contributed by atoms with Crippen molar-refractivity contribution in [2.75, 3.05) is 27.6 Å². The van der Waals surface area contributed by atoms with Gasteiger partial charge >= 0.3 is 0 Å². The molecule has 0 aliphatic carbocycles. The van der Waals surface area contributed by atoms with Crippen LogP contribution in [0, 0.1) is 18.3 Å². The molecule has 0 saturated heterocycles. The van der Waals surface area contributed by atoms with Crippen molar-refractivity contribution in [2.24, 2.45) is 0 Å². The standard InChI is InChI=1S/C30H27NO3S/c1-19-24(18-31)30(35-5)29(20-9-7-6-8-10-20)28(21-11-14-23(32-2)15-12-21)27(19)22-13-16-25(33-3)26(17-22)34-4/h6-17H,1-5H3. The van der Waals surface area contributed by atoms with Gasteiger partial charge in [-0.1, -0.05) is 48.5 Å². The number of nitriles is 1. The molecule has 0 N–H and O–H groups in total. The van der Waals surface area contributed by atoms with Crippen molar-refractivity contribution in [1.82, 2.24) is 0 Å². The molecule has 35 heavy (non-hydrogen) atoms. The maximum absolute atomic E-state index is 10.3. The minimum absolute atomic E-state index is 0.638. The predicted octanol–water partition coefficient (Wildman–Crippen LogP) is 7.62. The summed E-state index contributed by atoms with van der Waals surface area (Å²) < 4.78 is 16.5. The Hall–Kier alpha value is -3.88. The number of ether oxygens (including phenoxy) is 3. The van der Waals surface area contributed by atoms with Crippen LogP contribution in [0.1, 0.15) is 11.1 Å². The third-order valence-corrected chi connectivity index (χ3v) is 6.95. The van der Waals surface area contributed by atoms with Crippen LogP contribution in [0.4, 0.5) is 0 Å². The molecule has 0 amide bonds. The molecule has 0 aromatic heterocycles. The number of hydrogen-bond donors (Lipinski definition) is 0. The van der Waals surface area contributed by atoms with Gasteiger partial charge in [-0.2, -0.15) is 5.26 Å². The van der Waals surface area contributed by atoms with E-state index < -0.39 is 0 Å². The summed E-state index contributed by atoms with van der Waals surface area (Å²) in [5, 5.41) is 10.3. The molecule has 0 spiro atoms. The highest BCUT2D eigenvalue weighted by molar-refractivity contribution is 7.98. The van der Waals surface area contributed by atoms with Crippen molar-refractivity contribution in [2.45, 2.75) is 11.8 Å². The van der Waals surface area contributed by atoms with E-state index in [9.17, 15) is 5.26 Å².